The first-order valence-corrected chi connectivity index (χ1v) is 9.81. The van der Waals surface area contributed by atoms with Crippen molar-refractivity contribution in [2.75, 3.05) is 4.90 Å². The zero-order valence-electron chi connectivity index (χ0n) is 15.5. The highest BCUT2D eigenvalue weighted by Crippen LogP contribution is 2.41. The topological polar surface area (TPSA) is 70.5 Å². The van der Waals surface area contributed by atoms with Crippen molar-refractivity contribution in [3.63, 3.8) is 0 Å². The first-order chi connectivity index (χ1) is 14.0. The molecule has 0 spiro atoms. The summed E-state index contributed by atoms with van der Waals surface area (Å²) in [4.78, 5) is 31.5. The Balaban J connectivity index is 1.94. The average molecular weight is 449 g/mol. The zero-order chi connectivity index (χ0) is 20.5. The van der Waals surface area contributed by atoms with E-state index in [0.717, 1.165) is 10.0 Å². The van der Waals surface area contributed by atoms with Crippen LogP contribution < -0.4 is 4.90 Å². The first-order valence-electron chi connectivity index (χ1n) is 9.02. The van der Waals surface area contributed by atoms with E-state index in [-0.39, 0.29) is 11.3 Å². The SMILES string of the molecule is Cc1ccc(/C(O)=C2\C(=O)C(=O)N(c3ccccn3)[C@H]2c2ccc(Br)cc2)cc1. The molecule has 1 aliphatic rings. The number of pyridine rings is 1. The summed E-state index contributed by atoms with van der Waals surface area (Å²) in [6, 6.07) is 18.8. The van der Waals surface area contributed by atoms with E-state index in [1.54, 1.807) is 36.5 Å². The molecule has 0 unspecified atom stereocenters. The number of rotatable bonds is 3. The molecular formula is C23H17BrN2O3. The molecule has 6 heteroatoms. The van der Waals surface area contributed by atoms with E-state index >= 15 is 0 Å². The fourth-order valence-corrected chi connectivity index (χ4v) is 3.66. The van der Waals surface area contributed by atoms with Crippen LogP contribution in [0.25, 0.3) is 5.76 Å². The largest absolute Gasteiger partial charge is 0.507 e. The van der Waals surface area contributed by atoms with Crippen LogP contribution in [0.4, 0.5) is 5.82 Å². The number of amides is 1. The number of hydrogen-bond donors (Lipinski definition) is 1. The molecule has 144 valence electrons. The lowest BCUT2D eigenvalue weighted by Gasteiger charge is -2.24. The number of carbonyl (C=O) groups is 2. The standard InChI is InChI=1S/C23H17BrN2O3/c1-14-5-7-16(8-6-14)21(27)19-20(15-9-11-17(24)12-10-15)26(23(29)22(19)28)18-4-2-3-13-25-18/h2-13,20,27H,1H3/b21-19+/t20-/m0/s1. The predicted octanol–water partition coefficient (Wildman–Crippen LogP) is 4.78. The number of carbonyl (C=O) groups excluding carboxylic acids is 2. The van der Waals surface area contributed by atoms with Gasteiger partial charge in [-0.05, 0) is 36.8 Å². The number of nitrogens with zero attached hydrogens (tertiary/aromatic N) is 2. The maximum absolute atomic E-state index is 13.0. The van der Waals surface area contributed by atoms with Crippen LogP contribution in [0.2, 0.25) is 0 Å². The molecule has 1 atom stereocenters. The van der Waals surface area contributed by atoms with Crippen LogP contribution in [0, 0.1) is 6.92 Å². The molecule has 1 aliphatic heterocycles. The average Bonchev–Trinajstić information content (AvgIpc) is 3.00. The van der Waals surface area contributed by atoms with Gasteiger partial charge in [0.25, 0.3) is 5.78 Å². The number of ketones is 1. The minimum Gasteiger partial charge on any atom is -0.507 e. The lowest BCUT2D eigenvalue weighted by atomic mass is 9.95. The van der Waals surface area contributed by atoms with Crippen LogP contribution in [-0.2, 0) is 9.59 Å². The normalized spacial score (nSPS) is 18.3. The molecule has 1 fully saturated rings. The second-order valence-corrected chi connectivity index (χ2v) is 7.69. The number of hydrogen-bond acceptors (Lipinski definition) is 4. The molecule has 5 nitrogen and oxygen atoms in total. The van der Waals surface area contributed by atoms with Gasteiger partial charge in [0, 0.05) is 16.2 Å². The van der Waals surface area contributed by atoms with Crippen molar-refractivity contribution in [3.05, 3.63) is 99.7 Å². The van der Waals surface area contributed by atoms with Gasteiger partial charge in [0.05, 0.1) is 11.6 Å². The lowest BCUT2D eigenvalue weighted by molar-refractivity contribution is -0.132. The van der Waals surface area contributed by atoms with Gasteiger partial charge in [-0.1, -0.05) is 64.0 Å². The Bertz CT molecular complexity index is 1110. The molecule has 0 bridgehead atoms. The van der Waals surface area contributed by atoms with Gasteiger partial charge >= 0.3 is 5.91 Å². The van der Waals surface area contributed by atoms with Crippen molar-refractivity contribution in [3.8, 4) is 0 Å². The monoisotopic (exact) mass is 448 g/mol. The summed E-state index contributed by atoms with van der Waals surface area (Å²) in [5.41, 5.74) is 2.26. The van der Waals surface area contributed by atoms with E-state index in [1.165, 1.54) is 4.90 Å². The number of aliphatic hydroxyl groups excluding tert-OH is 1. The van der Waals surface area contributed by atoms with Gasteiger partial charge in [0.15, 0.2) is 0 Å². The van der Waals surface area contributed by atoms with Crippen molar-refractivity contribution in [1.29, 1.82) is 0 Å². The van der Waals surface area contributed by atoms with Crippen molar-refractivity contribution in [2.24, 2.45) is 0 Å². The van der Waals surface area contributed by atoms with Gasteiger partial charge in [-0.2, -0.15) is 0 Å². The molecule has 4 rings (SSSR count). The maximum atomic E-state index is 13.0. The van der Waals surface area contributed by atoms with E-state index in [0.29, 0.717) is 16.9 Å². The summed E-state index contributed by atoms with van der Waals surface area (Å²) in [5, 5.41) is 11.0. The van der Waals surface area contributed by atoms with Crippen molar-refractivity contribution in [2.45, 2.75) is 13.0 Å². The van der Waals surface area contributed by atoms with E-state index in [1.807, 2.05) is 43.3 Å². The Morgan fingerprint density at radius 2 is 1.69 bits per heavy atom. The van der Waals surface area contributed by atoms with Crippen LogP contribution in [-0.4, -0.2) is 21.8 Å². The molecule has 2 heterocycles. The van der Waals surface area contributed by atoms with Crippen LogP contribution >= 0.6 is 15.9 Å². The van der Waals surface area contributed by atoms with E-state index in [9.17, 15) is 14.7 Å². The quantitative estimate of drug-likeness (QED) is 0.355. The fraction of sp³-hybridized carbons (Fsp3) is 0.0870. The molecule has 0 aliphatic carbocycles. The van der Waals surface area contributed by atoms with Crippen molar-refractivity contribution >= 4 is 39.2 Å². The minimum atomic E-state index is -0.778. The van der Waals surface area contributed by atoms with Crippen molar-refractivity contribution in [1.82, 2.24) is 4.98 Å². The Morgan fingerprint density at radius 1 is 1.00 bits per heavy atom. The predicted molar refractivity (Wildman–Crippen MR) is 114 cm³/mol. The summed E-state index contributed by atoms with van der Waals surface area (Å²) >= 11 is 3.40. The number of aromatic nitrogens is 1. The molecule has 1 amide bonds. The first kappa shape index (κ1) is 19.1. The molecule has 3 aromatic rings. The van der Waals surface area contributed by atoms with Gasteiger partial charge < -0.3 is 5.11 Å². The summed E-state index contributed by atoms with van der Waals surface area (Å²) in [6.07, 6.45) is 1.56. The third-order valence-electron chi connectivity index (χ3n) is 4.85. The van der Waals surface area contributed by atoms with E-state index in [4.69, 9.17) is 0 Å². The van der Waals surface area contributed by atoms with Gasteiger partial charge in [-0.25, -0.2) is 4.98 Å². The molecule has 1 N–H and O–H groups in total. The van der Waals surface area contributed by atoms with Crippen molar-refractivity contribution < 1.29 is 14.7 Å². The van der Waals surface area contributed by atoms with Crippen LogP contribution in [0.5, 0.6) is 0 Å². The summed E-state index contributed by atoms with van der Waals surface area (Å²) < 4.78 is 0.870. The van der Waals surface area contributed by atoms with Gasteiger partial charge in [0.2, 0.25) is 0 Å². The van der Waals surface area contributed by atoms with Crippen LogP contribution in [0.3, 0.4) is 0 Å². The van der Waals surface area contributed by atoms with Gasteiger partial charge in [-0.15, -0.1) is 0 Å². The summed E-state index contributed by atoms with van der Waals surface area (Å²) in [6.45, 7) is 1.94. The number of aliphatic hydroxyl groups is 1. The van der Waals surface area contributed by atoms with Crippen LogP contribution in [0.15, 0.2) is 83.0 Å². The molecule has 1 saturated heterocycles. The van der Waals surface area contributed by atoms with E-state index < -0.39 is 17.7 Å². The number of benzene rings is 2. The second kappa shape index (κ2) is 7.64. The van der Waals surface area contributed by atoms with Gasteiger partial charge in [0.1, 0.15) is 11.6 Å². The Hall–Kier alpha value is -3.25. The Kier molecular flexibility index (Phi) is 5.03. The summed E-state index contributed by atoms with van der Waals surface area (Å²) in [5.74, 6) is -1.30. The summed E-state index contributed by atoms with van der Waals surface area (Å²) in [7, 11) is 0. The van der Waals surface area contributed by atoms with Crippen LogP contribution in [0.1, 0.15) is 22.7 Å². The van der Waals surface area contributed by atoms with E-state index in [2.05, 4.69) is 20.9 Å². The molecule has 0 saturated carbocycles. The minimum absolute atomic E-state index is 0.0480. The Labute approximate surface area is 176 Å². The van der Waals surface area contributed by atoms with Gasteiger partial charge in [-0.3, -0.25) is 14.5 Å². The number of Topliss-reactive ketones (excluding diaryl/α,β-unsaturated/α-hetero) is 1. The number of aryl methyl sites for hydroxylation is 1. The smallest absolute Gasteiger partial charge is 0.301 e. The highest BCUT2D eigenvalue weighted by Gasteiger charge is 2.47. The number of anilines is 1. The highest BCUT2D eigenvalue weighted by atomic mass is 79.9. The zero-order valence-corrected chi connectivity index (χ0v) is 17.1. The molecular weight excluding hydrogens is 432 g/mol. The molecule has 29 heavy (non-hydrogen) atoms. The molecule has 0 radical (unpaired) electrons. The maximum Gasteiger partial charge on any atom is 0.301 e. The molecule has 2 aromatic carbocycles. The highest BCUT2D eigenvalue weighted by molar-refractivity contribution is 9.10. The third-order valence-corrected chi connectivity index (χ3v) is 5.38. The number of halogens is 1. The fourth-order valence-electron chi connectivity index (χ4n) is 3.39. The molecule has 1 aromatic heterocycles. The Morgan fingerprint density at radius 3 is 2.31 bits per heavy atom. The lowest BCUT2D eigenvalue weighted by Crippen LogP contribution is -2.30. The third kappa shape index (κ3) is 3.47. The second-order valence-electron chi connectivity index (χ2n) is 6.77.